The standard InChI is InChI=1S/C9H8ClNO3/c1-14-9(13)7-4-2-6(3-5-7)8(12)11-10/h2-5H,1H3,(H,11,12). The number of hydrogen-bond donors (Lipinski definition) is 1. The van der Waals surface area contributed by atoms with Crippen LogP contribution in [0.2, 0.25) is 0 Å². The molecular formula is C9H8ClNO3. The van der Waals surface area contributed by atoms with Crippen molar-refractivity contribution in [3.8, 4) is 0 Å². The second-order valence-electron chi connectivity index (χ2n) is 2.49. The topological polar surface area (TPSA) is 55.4 Å². The number of esters is 1. The molecule has 1 rings (SSSR count). The molecule has 1 aromatic carbocycles. The van der Waals surface area contributed by atoms with E-state index in [-0.39, 0.29) is 0 Å². The number of methoxy groups -OCH3 is 1. The van der Waals surface area contributed by atoms with Gasteiger partial charge < -0.3 is 4.74 Å². The van der Waals surface area contributed by atoms with Crippen molar-refractivity contribution in [3.63, 3.8) is 0 Å². The molecular weight excluding hydrogens is 206 g/mol. The van der Waals surface area contributed by atoms with E-state index in [4.69, 9.17) is 11.8 Å². The van der Waals surface area contributed by atoms with Crippen molar-refractivity contribution >= 4 is 23.7 Å². The zero-order valence-electron chi connectivity index (χ0n) is 7.41. The van der Waals surface area contributed by atoms with E-state index >= 15 is 0 Å². The third-order valence-electron chi connectivity index (χ3n) is 1.65. The van der Waals surface area contributed by atoms with Crippen LogP contribution in [0.15, 0.2) is 24.3 Å². The van der Waals surface area contributed by atoms with Gasteiger partial charge in [0, 0.05) is 17.3 Å². The summed E-state index contributed by atoms with van der Waals surface area (Å²) < 4.78 is 4.50. The first kappa shape index (κ1) is 10.5. The predicted molar refractivity (Wildman–Crippen MR) is 51.1 cm³/mol. The Balaban J connectivity index is 2.89. The first-order chi connectivity index (χ1) is 6.69. The van der Waals surface area contributed by atoms with Gasteiger partial charge in [-0.25, -0.2) is 4.79 Å². The number of nitrogens with one attached hydrogen (secondary N) is 1. The van der Waals surface area contributed by atoms with Gasteiger partial charge in [0.1, 0.15) is 0 Å². The minimum atomic E-state index is -0.442. The molecule has 4 nitrogen and oxygen atoms in total. The van der Waals surface area contributed by atoms with Crippen LogP contribution in [-0.4, -0.2) is 19.0 Å². The Labute approximate surface area is 85.9 Å². The fourth-order valence-electron chi connectivity index (χ4n) is 0.930. The molecule has 0 aliphatic carbocycles. The van der Waals surface area contributed by atoms with Crippen LogP contribution in [-0.2, 0) is 4.74 Å². The largest absolute Gasteiger partial charge is 0.465 e. The molecule has 0 aromatic heterocycles. The zero-order chi connectivity index (χ0) is 10.6. The summed E-state index contributed by atoms with van der Waals surface area (Å²) in [6.07, 6.45) is 0. The van der Waals surface area contributed by atoms with Gasteiger partial charge in [-0.3, -0.25) is 9.63 Å². The monoisotopic (exact) mass is 213 g/mol. The van der Waals surface area contributed by atoms with Crippen LogP contribution in [0, 0.1) is 0 Å². The predicted octanol–water partition coefficient (Wildman–Crippen LogP) is 1.36. The number of carbonyl (C=O) groups is 2. The Morgan fingerprint density at radius 3 is 2.14 bits per heavy atom. The second-order valence-corrected chi connectivity index (χ2v) is 2.68. The molecule has 0 aliphatic rings. The van der Waals surface area contributed by atoms with Gasteiger partial charge in [0.05, 0.1) is 12.7 Å². The number of carbonyl (C=O) groups excluding carboxylic acids is 2. The van der Waals surface area contributed by atoms with Crippen molar-refractivity contribution in [1.82, 2.24) is 4.84 Å². The summed E-state index contributed by atoms with van der Waals surface area (Å²) in [5.41, 5.74) is 0.770. The summed E-state index contributed by atoms with van der Waals surface area (Å²) in [6.45, 7) is 0. The molecule has 0 aliphatic heterocycles. The van der Waals surface area contributed by atoms with Crippen LogP contribution in [0.4, 0.5) is 0 Å². The molecule has 1 N–H and O–H groups in total. The molecule has 0 unspecified atom stereocenters. The van der Waals surface area contributed by atoms with Crippen LogP contribution in [0.5, 0.6) is 0 Å². The van der Waals surface area contributed by atoms with E-state index in [1.165, 1.54) is 31.4 Å². The van der Waals surface area contributed by atoms with E-state index in [9.17, 15) is 9.59 Å². The molecule has 0 radical (unpaired) electrons. The fourth-order valence-corrected chi connectivity index (χ4v) is 1.04. The molecule has 0 bridgehead atoms. The Kier molecular flexibility index (Phi) is 3.48. The van der Waals surface area contributed by atoms with E-state index in [0.717, 1.165) is 0 Å². The quantitative estimate of drug-likeness (QED) is 0.596. The average molecular weight is 214 g/mol. The molecule has 0 spiro atoms. The summed E-state index contributed by atoms with van der Waals surface area (Å²) in [6, 6.07) is 5.97. The lowest BCUT2D eigenvalue weighted by molar-refractivity contribution is 0.0600. The number of hydrogen-bond acceptors (Lipinski definition) is 3. The van der Waals surface area contributed by atoms with E-state index in [0.29, 0.717) is 11.1 Å². The lowest BCUT2D eigenvalue weighted by Gasteiger charge is -2.00. The van der Waals surface area contributed by atoms with E-state index in [1.54, 1.807) is 0 Å². The van der Waals surface area contributed by atoms with Gasteiger partial charge in [0.15, 0.2) is 0 Å². The average Bonchev–Trinajstić information content (AvgIpc) is 2.27. The van der Waals surface area contributed by atoms with Crippen molar-refractivity contribution in [3.05, 3.63) is 35.4 Å². The molecule has 0 atom stereocenters. The summed E-state index contributed by atoms with van der Waals surface area (Å²) in [5, 5.41) is 0. The SMILES string of the molecule is COC(=O)c1ccc(C(=O)NCl)cc1. The van der Waals surface area contributed by atoms with E-state index in [2.05, 4.69) is 4.74 Å². The Bertz CT molecular complexity index is 313. The normalized spacial score (nSPS) is 9.29. The summed E-state index contributed by atoms with van der Waals surface area (Å²) >= 11 is 5.12. The first-order valence-electron chi connectivity index (χ1n) is 3.78. The van der Waals surface area contributed by atoms with Crippen LogP contribution >= 0.6 is 11.8 Å². The molecule has 0 saturated carbocycles. The first-order valence-corrected chi connectivity index (χ1v) is 4.16. The van der Waals surface area contributed by atoms with Gasteiger partial charge >= 0.3 is 5.97 Å². The van der Waals surface area contributed by atoms with Crippen molar-refractivity contribution in [2.24, 2.45) is 0 Å². The Morgan fingerprint density at radius 1 is 1.21 bits per heavy atom. The highest BCUT2D eigenvalue weighted by molar-refractivity contribution is 6.24. The molecule has 0 heterocycles. The number of ether oxygens (including phenoxy) is 1. The molecule has 0 fully saturated rings. The fraction of sp³-hybridized carbons (Fsp3) is 0.111. The molecule has 74 valence electrons. The lowest BCUT2D eigenvalue weighted by Crippen LogP contribution is -2.12. The maximum absolute atomic E-state index is 11.0. The third-order valence-corrected chi connectivity index (χ3v) is 1.83. The maximum Gasteiger partial charge on any atom is 0.337 e. The van der Waals surface area contributed by atoms with Crippen molar-refractivity contribution in [1.29, 1.82) is 0 Å². The number of rotatable bonds is 2. The zero-order valence-corrected chi connectivity index (χ0v) is 8.17. The molecule has 5 heteroatoms. The highest BCUT2D eigenvalue weighted by atomic mass is 35.5. The van der Waals surface area contributed by atoms with Crippen LogP contribution in [0.1, 0.15) is 20.7 Å². The highest BCUT2D eigenvalue weighted by Crippen LogP contribution is 2.05. The molecule has 1 amide bonds. The lowest BCUT2D eigenvalue weighted by atomic mass is 10.1. The van der Waals surface area contributed by atoms with Gasteiger partial charge in [-0.15, -0.1) is 0 Å². The minimum Gasteiger partial charge on any atom is -0.465 e. The van der Waals surface area contributed by atoms with Gasteiger partial charge in [-0.2, -0.15) is 0 Å². The summed E-state index contributed by atoms with van der Waals surface area (Å²) in [4.78, 5) is 24.0. The molecule has 1 aromatic rings. The minimum absolute atomic E-state index is 0.382. The number of halogens is 1. The number of benzene rings is 1. The van der Waals surface area contributed by atoms with Gasteiger partial charge in [-0.05, 0) is 24.3 Å². The van der Waals surface area contributed by atoms with E-state index in [1.807, 2.05) is 4.84 Å². The van der Waals surface area contributed by atoms with Gasteiger partial charge in [0.25, 0.3) is 5.91 Å². The molecule has 14 heavy (non-hydrogen) atoms. The van der Waals surface area contributed by atoms with Crippen molar-refractivity contribution < 1.29 is 14.3 Å². The van der Waals surface area contributed by atoms with Crippen molar-refractivity contribution in [2.45, 2.75) is 0 Å². The van der Waals surface area contributed by atoms with Crippen LogP contribution in [0.25, 0.3) is 0 Å². The second kappa shape index (κ2) is 4.62. The van der Waals surface area contributed by atoms with Crippen LogP contribution in [0.3, 0.4) is 0 Å². The molecule has 0 saturated heterocycles. The van der Waals surface area contributed by atoms with E-state index < -0.39 is 11.9 Å². The maximum atomic E-state index is 11.0. The highest BCUT2D eigenvalue weighted by Gasteiger charge is 2.07. The summed E-state index contributed by atoms with van der Waals surface area (Å²) in [7, 11) is 1.29. The Morgan fingerprint density at radius 2 is 1.71 bits per heavy atom. The smallest absolute Gasteiger partial charge is 0.337 e. The third kappa shape index (κ3) is 2.23. The van der Waals surface area contributed by atoms with Gasteiger partial charge in [-0.1, -0.05) is 0 Å². The Hall–Kier alpha value is -1.55. The van der Waals surface area contributed by atoms with Crippen molar-refractivity contribution in [2.75, 3.05) is 7.11 Å². The van der Waals surface area contributed by atoms with Gasteiger partial charge in [0.2, 0.25) is 0 Å². The number of amides is 1. The summed E-state index contributed by atoms with van der Waals surface area (Å²) in [5.74, 6) is -0.856. The van der Waals surface area contributed by atoms with Crippen LogP contribution < -0.4 is 4.84 Å².